The number of carbonyl (C=O) groups excluding carboxylic acids is 1. The molecule has 0 spiro atoms. The lowest BCUT2D eigenvalue weighted by Crippen LogP contribution is -2.16. The zero-order valence-electron chi connectivity index (χ0n) is 8.95. The first-order valence-corrected chi connectivity index (χ1v) is 4.80. The summed E-state index contributed by atoms with van der Waals surface area (Å²) in [6, 6.07) is 8.89. The van der Waals surface area contributed by atoms with Crippen LogP contribution in [0, 0.1) is 11.8 Å². The van der Waals surface area contributed by atoms with E-state index in [1.165, 1.54) is 0 Å². The highest BCUT2D eigenvalue weighted by Crippen LogP contribution is 2.05. The fourth-order valence-corrected chi connectivity index (χ4v) is 1.00. The Morgan fingerprint density at radius 3 is 2.47 bits per heavy atom. The lowest BCUT2D eigenvalue weighted by molar-refractivity contribution is 0.0862. The van der Waals surface area contributed by atoms with Gasteiger partial charge in [-0.15, -0.1) is 0 Å². The summed E-state index contributed by atoms with van der Waals surface area (Å²) in [5, 5.41) is 9.39. The molecule has 2 nitrogen and oxygen atoms in total. The second-order valence-corrected chi connectivity index (χ2v) is 3.99. The Morgan fingerprint density at radius 1 is 1.33 bits per heavy atom. The van der Waals surface area contributed by atoms with E-state index in [1.54, 1.807) is 38.1 Å². The minimum Gasteiger partial charge on any atom is -0.389 e. The minimum atomic E-state index is -0.843. The van der Waals surface area contributed by atoms with E-state index >= 15 is 0 Å². The van der Waals surface area contributed by atoms with Gasteiger partial charge in [-0.2, -0.15) is 0 Å². The summed E-state index contributed by atoms with van der Waals surface area (Å²) in [5.74, 6) is 4.97. The van der Waals surface area contributed by atoms with Crippen molar-refractivity contribution in [1.29, 1.82) is 0 Å². The van der Waals surface area contributed by atoms with Crippen molar-refractivity contribution >= 4 is 5.78 Å². The monoisotopic (exact) mass is 202 g/mol. The van der Waals surface area contributed by atoms with Crippen LogP contribution in [0.3, 0.4) is 0 Å². The standard InChI is InChI=1S/C13H14O2/c1-13(2,15)10-6-9-12(14)11-7-4-3-5-8-11/h3-5,7-8,15H,10H2,1-2H3. The first-order chi connectivity index (χ1) is 6.99. The number of Topliss-reactive ketones (excluding diaryl/α,β-unsaturated/α-hetero) is 1. The number of ketones is 1. The van der Waals surface area contributed by atoms with Gasteiger partial charge in [-0.05, 0) is 19.8 Å². The first kappa shape index (κ1) is 11.5. The van der Waals surface area contributed by atoms with Crippen molar-refractivity contribution in [2.24, 2.45) is 0 Å². The van der Waals surface area contributed by atoms with Crippen molar-refractivity contribution in [1.82, 2.24) is 0 Å². The molecule has 0 aliphatic carbocycles. The van der Waals surface area contributed by atoms with Crippen LogP contribution in [-0.2, 0) is 0 Å². The van der Waals surface area contributed by atoms with Crippen molar-refractivity contribution in [2.75, 3.05) is 0 Å². The maximum Gasteiger partial charge on any atom is 0.235 e. The van der Waals surface area contributed by atoms with Crippen LogP contribution in [0.4, 0.5) is 0 Å². The second-order valence-electron chi connectivity index (χ2n) is 3.99. The smallest absolute Gasteiger partial charge is 0.235 e. The maximum atomic E-state index is 11.5. The fourth-order valence-electron chi connectivity index (χ4n) is 1.00. The van der Waals surface area contributed by atoms with E-state index in [9.17, 15) is 9.90 Å². The molecule has 0 aliphatic rings. The summed E-state index contributed by atoms with van der Waals surface area (Å²) in [5.41, 5.74) is -0.259. The molecule has 0 aliphatic heterocycles. The summed E-state index contributed by atoms with van der Waals surface area (Å²) < 4.78 is 0. The molecular weight excluding hydrogens is 188 g/mol. The molecule has 0 fully saturated rings. The van der Waals surface area contributed by atoms with Crippen LogP contribution < -0.4 is 0 Å². The van der Waals surface area contributed by atoms with Crippen molar-refractivity contribution in [3.63, 3.8) is 0 Å². The Bertz CT molecular complexity index is 388. The van der Waals surface area contributed by atoms with E-state index in [-0.39, 0.29) is 5.78 Å². The highest BCUT2D eigenvalue weighted by molar-refractivity contribution is 6.08. The second kappa shape index (κ2) is 4.77. The van der Waals surface area contributed by atoms with Gasteiger partial charge in [0.05, 0.1) is 5.60 Å². The largest absolute Gasteiger partial charge is 0.389 e. The van der Waals surface area contributed by atoms with Gasteiger partial charge < -0.3 is 5.11 Å². The average Bonchev–Trinajstić information content (AvgIpc) is 2.17. The number of aliphatic hydroxyl groups is 1. The van der Waals surface area contributed by atoms with E-state index < -0.39 is 5.60 Å². The van der Waals surface area contributed by atoms with Crippen LogP contribution in [0.1, 0.15) is 30.6 Å². The highest BCUT2D eigenvalue weighted by atomic mass is 16.3. The van der Waals surface area contributed by atoms with E-state index in [4.69, 9.17) is 0 Å². The van der Waals surface area contributed by atoms with Crippen LogP contribution >= 0.6 is 0 Å². The summed E-state index contributed by atoms with van der Waals surface area (Å²) in [6.45, 7) is 3.32. The summed E-state index contributed by atoms with van der Waals surface area (Å²) in [6.07, 6.45) is 0.297. The molecule has 0 aromatic heterocycles. The minimum absolute atomic E-state index is 0.208. The molecule has 1 aromatic rings. The molecule has 0 radical (unpaired) electrons. The number of hydrogen-bond donors (Lipinski definition) is 1. The van der Waals surface area contributed by atoms with E-state index in [0.29, 0.717) is 12.0 Å². The van der Waals surface area contributed by atoms with Crippen LogP contribution in [0.15, 0.2) is 30.3 Å². The Balaban J connectivity index is 2.65. The average molecular weight is 202 g/mol. The molecule has 2 heteroatoms. The number of hydrogen-bond acceptors (Lipinski definition) is 2. The molecule has 0 saturated heterocycles. The third-order valence-corrected chi connectivity index (χ3v) is 1.76. The van der Waals surface area contributed by atoms with Crippen LogP contribution in [0.2, 0.25) is 0 Å². The molecule has 0 amide bonds. The van der Waals surface area contributed by atoms with Gasteiger partial charge in [-0.3, -0.25) is 4.79 Å². The molecule has 1 aromatic carbocycles. The topological polar surface area (TPSA) is 37.3 Å². The molecule has 78 valence electrons. The number of carbonyl (C=O) groups is 1. The quantitative estimate of drug-likeness (QED) is 0.452. The van der Waals surface area contributed by atoms with Crippen molar-refractivity contribution in [2.45, 2.75) is 25.9 Å². The first-order valence-electron chi connectivity index (χ1n) is 4.80. The summed E-state index contributed by atoms with van der Waals surface area (Å²) in [4.78, 5) is 11.5. The van der Waals surface area contributed by atoms with Crippen molar-refractivity contribution < 1.29 is 9.90 Å². The molecule has 0 saturated carbocycles. The number of benzene rings is 1. The van der Waals surface area contributed by atoms with Gasteiger partial charge in [0.15, 0.2) is 0 Å². The Kier molecular flexibility index (Phi) is 3.65. The van der Waals surface area contributed by atoms with Crippen LogP contribution in [0.5, 0.6) is 0 Å². The predicted octanol–water partition coefficient (Wildman–Crippen LogP) is 2.03. The van der Waals surface area contributed by atoms with Gasteiger partial charge in [-0.25, -0.2) is 0 Å². The normalized spacial score (nSPS) is 10.3. The lowest BCUT2D eigenvalue weighted by Gasteiger charge is -2.11. The van der Waals surface area contributed by atoms with Gasteiger partial charge in [0.1, 0.15) is 0 Å². The fraction of sp³-hybridized carbons (Fsp3) is 0.308. The van der Waals surface area contributed by atoms with Crippen molar-refractivity contribution in [3.8, 4) is 11.8 Å². The molecular formula is C13H14O2. The third kappa shape index (κ3) is 4.44. The Morgan fingerprint density at radius 2 is 1.93 bits per heavy atom. The van der Waals surface area contributed by atoms with E-state index in [2.05, 4.69) is 11.8 Å². The van der Waals surface area contributed by atoms with Crippen molar-refractivity contribution in [3.05, 3.63) is 35.9 Å². The van der Waals surface area contributed by atoms with Gasteiger partial charge in [0.25, 0.3) is 0 Å². The summed E-state index contributed by atoms with van der Waals surface area (Å²) in [7, 11) is 0. The Labute approximate surface area is 89.9 Å². The van der Waals surface area contributed by atoms with Gasteiger partial charge in [0, 0.05) is 12.0 Å². The van der Waals surface area contributed by atoms with E-state index in [1.807, 2.05) is 6.07 Å². The van der Waals surface area contributed by atoms with Gasteiger partial charge >= 0.3 is 0 Å². The molecule has 0 unspecified atom stereocenters. The molecule has 0 bridgehead atoms. The van der Waals surface area contributed by atoms with Crippen LogP contribution in [0.25, 0.3) is 0 Å². The molecule has 0 heterocycles. The van der Waals surface area contributed by atoms with Gasteiger partial charge in [0.2, 0.25) is 5.78 Å². The van der Waals surface area contributed by atoms with E-state index in [0.717, 1.165) is 0 Å². The molecule has 1 N–H and O–H groups in total. The predicted molar refractivity (Wildman–Crippen MR) is 59.5 cm³/mol. The van der Waals surface area contributed by atoms with Gasteiger partial charge in [-0.1, -0.05) is 36.3 Å². The molecule has 15 heavy (non-hydrogen) atoms. The van der Waals surface area contributed by atoms with Crippen LogP contribution in [-0.4, -0.2) is 16.5 Å². The zero-order chi connectivity index (χ0) is 11.3. The lowest BCUT2D eigenvalue weighted by atomic mass is 10.1. The highest BCUT2D eigenvalue weighted by Gasteiger charge is 2.09. The maximum absolute atomic E-state index is 11.5. The molecule has 0 atom stereocenters. The number of rotatable bonds is 2. The Hall–Kier alpha value is -1.59. The zero-order valence-corrected chi connectivity index (χ0v) is 8.95. The SMILES string of the molecule is CC(C)(O)CC#CC(=O)c1ccccc1. The summed E-state index contributed by atoms with van der Waals surface area (Å²) >= 11 is 0. The third-order valence-electron chi connectivity index (χ3n) is 1.76. The molecule has 1 rings (SSSR count).